The summed E-state index contributed by atoms with van der Waals surface area (Å²) in [6, 6.07) is 5.38. The van der Waals surface area contributed by atoms with Crippen LogP contribution in [0, 0.1) is 5.92 Å². The molecule has 0 aliphatic heterocycles. The molecule has 2 rings (SSSR count). The van der Waals surface area contributed by atoms with Gasteiger partial charge >= 0.3 is 5.97 Å². The molecule has 1 aliphatic carbocycles. The van der Waals surface area contributed by atoms with E-state index in [1.165, 1.54) is 0 Å². The molecule has 1 aromatic rings. The SMILES string of the molecule is O=C(O)CCNC(=O)[C@@H]1C[C@H]1c1cccc(Cl)c1Cl. The standard InChI is InChI=1S/C13H13Cl2NO3/c14-10-3-1-2-7(12(10)15)8-6-9(8)13(19)16-5-4-11(17)18/h1-3,8-9H,4-6H2,(H,16,19)(H,17,18)/t8-,9+/m0/s1. The van der Waals surface area contributed by atoms with Crippen LogP contribution in [0.5, 0.6) is 0 Å². The molecule has 1 saturated carbocycles. The van der Waals surface area contributed by atoms with Gasteiger partial charge in [-0.2, -0.15) is 0 Å². The number of amides is 1. The molecule has 1 fully saturated rings. The molecule has 0 radical (unpaired) electrons. The maximum Gasteiger partial charge on any atom is 0.305 e. The van der Waals surface area contributed by atoms with Gasteiger partial charge in [-0.25, -0.2) is 0 Å². The molecule has 102 valence electrons. The summed E-state index contributed by atoms with van der Waals surface area (Å²) in [7, 11) is 0. The van der Waals surface area contributed by atoms with Crippen molar-refractivity contribution in [1.29, 1.82) is 0 Å². The average molecular weight is 302 g/mol. The van der Waals surface area contributed by atoms with Crippen molar-refractivity contribution in [3.8, 4) is 0 Å². The van der Waals surface area contributed by atoms with Crippen molar-refractivity contribution in [2.45, 2.75) is 18.8 Å². The number of carboxylic acid groups (broad SMARTS) is 1. The van der Waals surface area contributed by atoms with Crippen molar-refractivity contribution < 1.29 is 14.7 Å². The van der Waals surface area contributed by atoms with Crippen molar-refractivity contribution >= 4 is 35.1 Å². The van der Waals surface area contributed by atoms with Crippen LogP contribution in [0.4, 0.5) is 0 Å². The second-order valence-electron chi connectivity index (χ2n) is 4.53. The van der Waals surface area contributed by atoms with Gasteiger partial charge in [0.2, 0.25) is 5.91 Å². The van der Waals surface area contributed by atoms with Gasteiger partial charge < -0.3 is 10.4 Å². The van der Waals surface area contributed by atoms with Gasteiger partial charge in [-0.15, -0.1) is 0 Å². The Kier molecular flexibility index (Phi) is 4.32. The number of rotatable bonds is 5. The summed E-state index contributed by atoms with van der Waals surface area (Å²) < 4.78 is 0. The summed E-state index contributed by atoms with van der Waals surface area (Å²) in [5.74, 6) is -1.10. The topological polar surface area (TPSA) is 66.4 Å². The number of aliphatic carboxylic acids is 1. The van der Waals surface area contributed by atoms with Crippen molar-refractivity contribution in [1.82, 2.24) is 5.32 Å². The highest BCUT2D eigenvalue weighted by molar-refractivity contribution is 6.42. The fraction of sp³-hybridized carbons (Fsp3) is 0.385. The summed E-state index contributed by atoms with van der Waals surface area (Å²) >= 11 is 12.0. The number of carbonyl (C=O) groups is 2. The van der Waals surface area contributed by atoms with Crippen molar-refractivity contribution in [2.24, 2.45) is 5.92 Å². The number of hydrogen-bond acceptors (Lipinski definition) is 2. The zero-order valence-electron chi connectivity index (χ0n) is 10.0. The van der Waals surface area contributed by atoms with Gasteiger partial charge in [-0.1, -0.05) is 35.3 Å². The Morgan fingerprint density at radius 2 is 2.11 bits per heavy atom. The Labute approximate surface area is 120 Å². The van der Waals surface area contributed by atoms with Crippen molar-refractivity contribution in [2.75, 3.05) is 6.54 Å². The first kappa shape index (κ1) is 14.2. The molecule has 0 unspecified atom stereocenters. The van der Waals surface area contributed by atoms with E-state index >= 15 is 0 Å². The van der Waals surface area contributed by atoms with Gasteiger partial charge in [-0.3, -0.25) is 9.59 Å². The zero-order chi connectivity index (χ0) is 14.0. The molecule has 0 saturated heterocycles. The van der Waals surface area contributed by atoms with Crippen LogP contribution in [0.3, 0.4) is 0 Å². The third-order valence-electron chi connectivity index (χ3n) is 3.15. The van der Waals surface area contributed by atoms with E-state index in [0.717, 1.165) is 12.0 Å². The van der Waals surface area contributed by atoms with E-state index in [-0.39, 0.29) is 30.7 Å². The minimum atomic E-state index is -0.925. The summed E-state index contributed by atoms with van der Waals surface area (Å²) in [5.41, 5.74) is 0.882. The number of carboxylic acids is 1. The second kappa shape index (κ2) is 5.80. The van der Waals surface area contributed by atoms with Crippen LogP contribution >= 0.6 is 23.2 Å². The molecule has 19 heavy (non-hydrogen) atoms. The van der Waals surface area contributed by atoms with Crippen LogP contribution in [-0.2, 0) is 9.59 Å². The normalized spacial score (nSPS) is 20.9. The molecule has 4 nitrogen and oxygen atoms in total. The molecule has 0 heterocycles. The Hall–Kier alpha value is -1.26. The fourth-order valence-electron chi connectivity index (χ4n) is 2.06. The van der Waals surface area contributed by atoms with Gasteiger partial charge in [0.15, 0.2) is 0 Å². The Morgan fingerprint density at radius 1 is 1.37 bits per heavy atom. The lowest BCUT2D eigenvalue weighted by molar-refractivity contribution is -0.136. The van der Waals surface area contributed by atoms with E-state index < -0.39 is 5.97 Å². The summed E-state index contributed by atoms with van der Waals surface area (Å²) in [6.07, 6.45) is 0.653. The van der Waals surface area contributed by atoms with Gasteiger partial charge in [0.25, 0.3) is 0 Å². The molecule has 6 heteroatoms. The third-order valence-corrected chi connectivity index (χ3v) is 3.98. The smallest absolute Gasteiger partial charge is 0.305 e. The summed E-state index contributed by atoms with van der Waals surface area (Å²) in [5, 5.41) is 12.1. The Morgan fingerprint density at radius 3 is 2.79 bits per heavy atom. The van der Waals surface area contributed by atoms with Crippen LogP contribution in [0.2, 0.25) is 10.0 Å². The predicted molar refractivity (Wildman–Crippen MR) is 72.6 cm³/mol. The predicted octanol–water partition coefficient (Wildman–Crippen LogP) is 2.69. The number of carbonyl (C=O) groups excluding carboxylic acids is 1. The van der Waals surface area contributed by atoms with E-state index in [1.807, 2.05) is 6.07 Å². The monoisotopic (exact) mass is 301 g/mol. The molecule has 1 amide bonds. The van der Waals surface area contributed by atoms with Crippen molar-refractivity contribution in [3.63, 3.8) is 0 Å². The highest BCUT2D eigenvalue weighted by atomic mass is 35.5. The molecule has 2 atom stereocenters. The first-order chi connectivity index (χ1) is 9.00. The van der Waals surface area contributed by atoms with Crippen LogP contribution < -0.4 is 5.32 Å². The lowest BCUT2D eigenvalue weighted by Crippen LogP contribution is -2.27. The quantitative estimate of drug-likeness (QED) is 0.879. The van der Waals surface area contributed by atoms with Gasteiger partial charge in [0.05, 0.1) is 16.5 Å². The highest BCUT2D eigenvalue weighted by Gasteiger charge is 2.44. The van der Waals surface area contributed by atoms with Crippen LogP contribution in [0.1, 0.15) is 24.3 Å². The van der Waals surface area contributed by atoms with Gasteiger partial charge in [0, 0.05) is 12.5 Å². The van der Waals surface area contributed by atoms with Gasteiger partial charge in [-0.05, 0) is 24.0 Å². The molecule has 0 bridgehead atoms. The van der Waals surface area contributed by atoms with E-state index in [0.29, 0.717) is 10.0 Å². The molecule has 0 aromatic heterocycles. The van der Waals surface area contributed by atoms with Gasteiger partial charge in [0.1, 0.15) is 0 Å². The zero-order valence-corrected chi connectivity index (χ0v) is 11.5. The molecule has 1 aromatic carbocycles. The lowest BCUT2D eigenvalue weighted by atomic mass is 10.1. The van der Waals surface area contributed by atoms with Crippen LogP contribution in [0.25, 0.3) is 0 Å². The lowest BCUT2D eigenvalue weighted by Gasteiger charge is -2.06. The third kappa shape index (κ3) is 3.39. The minimum Gasteiger partial charge on any atom is -0.481 e. The summed E-state index contributed by atoms with van der Waals surface area (Å²) in [6.45, 7) is 0.153. The van der Waals surface area contributed by atoms with E-state index in [4.69, 9.17) is 28.3 Å². The average Bonchev–Trinajstić information content (AvgIpc) is 3.12. The maximum atomic E-state index is 11.8. The molecule has 1 aliphatic rings. The van der Waals surface area contributed by atoms with E-state index in [1.54, 1.807) is 12.1 Å². The van der Waals surface area contributed by atoms with E-state index in [2.05, 4.69) is 5.32 Å². The second-order valence-corrected chi connectivity index (χ2v) is 5.31. The molecule has 0 spiro atoms. The van der Waals surface area contributed by atoms with Crippen LogP contribution in [0.15, 0.2) is 18.2 Å². The van der Waals surface area contributed by atoms with Crippen LogP contribution in [-0.4, -0.2) is 23.5 Å². The largest absolute Gasteiger partial charge is 0.481 e. The Bertz CT molecular complexity index is 519. The number of halogens is 2. The van der Waals surface area contributed by atoms with E-state index in [9.17, 15) is 9.59 Å². The minimum absolute atomic E-state index is 0.0684. The molecular formula is C13H13Cl2NO3. The van der Waals surface area contributed by atoms with Crippen molar-refractivity contribution in [3.05, 3.63) is 33.8 Å². The molecular weight excluding hydrogens is 289 g/mol. The first-order valence-electron chi connectivity index (χ1n) is 5.94. The highest BCUT2D eigenvalue weighted by Crippen LogP contribution is 2.50. The fourth-order valence-corrected chi connectivity index (χ4v) is 2.51. The number of benzene rings is 1. The number of nitrogens with one attached hydrogen (secondary N) is 1. The summed E-state index contributed by atoms with van der Waals surface area (Å²) in [4.78, 5) is 22.1. The maximum absolute atomic E-state index is 11.8. The Balaban J connectivity index is 1.91. The molecule has 2 N–H and O–H groups in total. The number of hydrogen-bond donors (Lipinski definition) is 2. The first-order valence-corrected chi connectivity index (χ1v) is 6.69.